The third kappa shape index (κ3) is 3.04. The molecule has 5 nitrogen and oxygen atoms in total. The number of rotatable bonds is 4. The third-order valence-corrected chi connectivity index (χ3v) is 4.00. The Balaban J connectivity index is 1.79. The molecule has 0 fully saturated rings. The number of nitrogens with one attached hydrogen (secondary N) is 1. The lowest BCUT2D eigenvalue weighted by Gasteiger charge is -2.18. The predicted octanol–water partition coefficient (Wildman–Crippen LogP) is 2.60. The Bertz CT molecular complexity index is 719. The van der Waals surface area contributed by atoms with Crippen LogP contribution >= 0.6 is 0 Å². The minimum Gasteiger partial charge on any atom is -0.385 e. The Hall–Kier alpha value is -2.82. The first-order valence-electron chi connectivity index (χ1n) is 7.57. The summed E-state index contributed by atoms with van der Waals surface area (Å²) in [6, 6.07) is 18.1. The minimum absolute atomic E-state index is 0.269. The van der Waals surface area contributed by atoms with Crippen LogP contribution in [0.15, 0.2) is 59.7 Å². The number of benzene rings is 2. The van der Waals surface area contributed by atoms with Gasteiger partial charge in [0, 0.05) is 19.8 Å². The van der Waals surface area contributed by atoms with Gasteiger partial charge < -0.3 is 10.6 Å². The van der Waals surface area contributed by atoms with E-state index in [0.717, 1.165) is 16.8 Å². The molecule has 1 atom stereocenters. The molecule has 0 aliphatic carbocycles. The van der Waals surface area contributed by atoms with E-state index in [1.54, 1.807) is 5.01 Å². The highest BCUT2D eigenvalue weighted by atomic mass is 15.5. The molecular formula is C18H21N5. The monoisotopic (exact) mass is 307 g/mol. The van der Waals surface area contributed by atoms with Crippen molar-refractivity contribution in [3.05, 3.63) is 65.7 Å². The van der Waals surface area contributed by atoms with Crippen LogP contribution in [-0.2, 0) is 6.54 Å². The molecule has 118 valence electrons. The topological polar surface area (TPSA) is 68.7 Å². The Kier molecular flexibility index (Phi) is 4.02. The van der Waals surface area contributed by atoms with Crippen molar-refractivity contribution in [2.24, 2.45) is 10.8 Å². The fourth-order valence-electron chi connectivity index (χ4n) is 2.71. The molecule has 1 aliphatic heterocycles. The van der Waals surface area contributed by atoms with Crippen molar-refractivity contribution in [1.82, 2.24) is 5.01 Å². The number of nitrogens with two attached hydrogens (primary N) is 1. The molecule has 1 aliphatic rings. The Morgan fingerprint density at radius 3 is 2.35 bits per heavy atom. The van der Waals surface area contributed by atoms with Crippen molar-refractivity contribution in [2.45, 2.75) is 12.5 Å². The smallest absolute Gasteiger partial charge is 0.135 e. The van der Waals surface area contributed by atoms with Crippen LogP contribution in [0.5, 0.6) is 0 Å². The lowest BCUT2D eigenvalue weighted by atomic mass is 9.97. The van der Waals surface area contributed by atoms with Gasteiger partial charge >= 0.3 is 0 Å². The molecule has 0 aromatic heterocycles. The first-order chi connectivity index (χ1) is 11.1. The van der Waals surface area contributed by atoms with Gasteiger partial charge in [-0.2, -0.15) is 5.10 Å². The van der Waals surface area contributed by atoms with Crippen LogP contribution in [0.1, 0.15) is 17.0 Å². The predicted molar refractivity (Wildman–Crippen MR) is 94.8 cm³/mol. The molecule has 1 unspecified atom stereocenters. The van der Waals surface area contributed by atoms with Crippen molar-refractivity contribution in [3.63, 3.8) is 0 Å². The summed E-state index contributed by atoms with van der Waals surface area (Å²) in [6.45, 7) is 0.562. The Morgan fingerprint density at radius 2 is 1.74 bits per heavy atom. The van der Waals surface area contributed by atoms with E-state index < -0.39 is 0 Å². The molecule has 3 N–H and O–H groups in total. The molecule has 0 bridgehead atoms. The van der Waals surface area contributed by atoms with Crippen molar-refractivity contribution in [2.75, 3.05) is 19.0 Å². The molecule has 5 heteroatoms. The summed E-state index contributed by atoms with van der Waals surface area (Å²) in [5, 5.41) is 14.5. The zero-order chi connectivity index (χ0) is 16.4. The van der Waals surface area contributed by atoms with Crippen LogP contribution in [0, 0.1) is 5.41 Å². The van der Waals surface area contributed by atoms with E-state index in [4.69, 9.17) is 11.1 Å². The van der Waals surface area contributed by atoms with Gasteiger partial charge in [0.05, 0.1) is 6.54 Å². The van der Waals surface area contributed by atoms with E-state index >= 15 is 0 Å². The van der Waals surface area contributed by atoms with Crippen LogP contribution in [0.25, 0.3) is 0 Å². The summed E-state index contributed by atoms with van der Waals surface area (Å²) in [5.41, 5.74) is 9.33. The summed E-state index contributed by atoms with van der Waals surface area (Å²) in [6.07, 6.45) is 0. The van der Waals surface area contributed by atoms with Crippen LogP contribution in [0.3, 0.4) is 0 Å². The van der Waals surface area contributed by atoms with Gasteiger partial charge in [0.25, 0.3) is 0 Å². The Labute approximate surface area is 136 Å². The lowest BCUT2D eigenvalue weighted by molar-refractivity contribution is 0.443. The first-order valence-corrected chi connectivity index (χ1v) is 7.57. The molecule has 1 heterocycles. The molecule has 3 rings (SSSR count). The normalized spacial score (nSPS) is 17.3. The van der Waals surface area contributed by atoms with Gasteiger partial charge in [0.1, 0.15) is 17.6 Å². The van der Waals surface area contributed by atoms with Crippen molar-refractivity contribution >= 4 is 17.4 Å². The molecule has 0 saturated carbocycles. The van der Waals surface area contributed by atoms with E-state index in [1.165, 1.54) is 0 Å². The fraction of sp³-hybridized carbons (Fsp3) is 0.222. The quantitative estimate of drug-likeness (QED) is 0.912. The maximum atomic E-state index is 8.44. The Morgan fingerprint density at radius 1 is 1.09 bits per heavy atom. The van der Waals surface area contributed by atoms with E-state index in [9.17, 15) is 0 Å². The van der Waals surface area contributed by atoms with E-state index in [2.05, 4.69) is 5.10 Å². The maximum absolute atomic E-state index is 8.44. The number of hydrogen-bond acceptors (Lipinski definition) is 4. The average Bonchev–Trinajstić information content (AvgIpc) is 2.82. The van der Waals surface area contributed by atoms with Gasteiger partial charge in [0.15, 0.2) is 0 Å². The number of anilines is 1. The number of nitrogens with zero attached hydrogens (tertiary/aromatic N) is 3. The summed E-state index contributed by atoms with van der Waals surface area (Å²) in [5.74, 6) is 0.627. The standard InChI is InChI=1S/C18H21N5/c1-22(2)15-10-8-14(9-11-15)16-17(19)21-23(18(16)20)12-13-6-4-3-5-7-13/h3-11,16,20H,12H2,1-2H3,(H2,19,21). The fourth-order valence-corrected chi connectivity index (χ4v) is 2.71. The maximum Gasteiger partial charge on any atom is 0.135 e. The second-order valence-electron chi connectivity index (χ2n) is 5.87. The van der Waals surface area contributed by atoms with Crippen LogP contribution in [0.4, 0.5) is 5.69 Å². The summed E-state index contributed by atoms with van der Waals surface area (Å²) in [7, 11) is 4.01. The van der Waals surface area contributed by atoms with Crippen molar-refractivity contribution in [3.8, 4) is 0 Å². The molecule has 0 spiro atoms. The molecule has 2 aromatic rings. The third-order valence-electron chi connectivity index (χ3n) is 4.00. The largest absolute Gasteiger partial charge is 0.385 e. The van der Waals surface area contributed by atoms with Gasteiger partial charge in [-0.25, -0.2) is 5.01 Å². The highest BCUT2D eigenvalue weighted by Gasteiger charge is 2.32. The van der Waals surface area contributed by atoms with Gasteiger partial charge in [-0.3, -0.25) is 5.41 Å². The minimum atomic E-state index is -0.269. The highest BCUT2D eigenvalue weighted by molar-refractivity contribution is 6.12. The van der Waals surface area contributed by atoms with Gasteiger partial charge in [-0.15, -0.1) is 0 Å². The van der Waals surface area contributed by atoms with Crippen LogP contribution in [0.2, 0.25) is 0 Å². The molecule has 0 amide bonds. The molecular weight excluding hydrogens is 286 g/mol. The van der Waals surface area contributed by atoms with Gasteiger partial charge in [0.2, 0.25) is 0 Å². The van der Waals surface area contributed by atoms with E-state index in [-0.39, 0.29) is 5.92 Å². The molecule has 2 aromatic carbocycles. The number of amidine groups is 2. The molecule has 0 radical (unpaired) electrons. The first kappa shape index (κ1) is 15.1. The average molecular weight is 307 g/mol. The summed E-state index contributed by atoms with van der Waals surface area (Å²) < 4.78 is 0. The second kappa shape index (κ2) is 6.12. The molecule has 0 saturated heterocycles. The zero-order valence-electron chi connectivity index (χ0n) is 13.4. The molecule has 23 heavy (non-hydrogen) atoms. The SMILES string of the molecule is CN(C)c1ccc(C2C(=N)N(Cc3ccccc3)N=C2N)cc1. The van der Waals surface area contributed by atoms with Crippen molar-refractivity contribution in [1.29, 1.82) is 5.41 Å². The highest BCUT2D eigenvalue weighted by Crippen LogP contribution is 2.27. The second-order valence-corrected chi connectivity index (χ2v) is 5.87. The van der Waals surface area contributed by atoms with Crippen LogP contribution < -0.4 is 10.6 Å². The number of hydrazone groups is 1. The summed E-state index contributed by atoms with van der Waals surface area (Å²) in [4.78, 5) is 2.04. The lowest BCUT2D eigenvalue weighted by Crippen LogP contribution is -2.27. The van der Waals surface area contributed by atoms with E-state index in [1.807, 2.05) is 73.6 Å². The van der Waals surface area contributed by atoms with Gasteiger partial charge in [-0.05, 0) is 23.3 Å². The van der Waals surface area contributed by atoms with Crippen molar-refractivity contribution < 1.29 is 0 Å². The zero-order valence-corrected chi connectivity index (χ0v) is 13.4. The summed E-state index contributed by atoms with van der Waals surface area (Å²) >= 11 is 0. The van der Waals surface area contributed by atoms with Gasteiger partial charge in [-0.1, -0.05) is 42.5 Å². The van der Waals surface area contributed by atoms with Crippen LogP contribution in [-0.4, -0.2) is 30.8 Å². The number of hydrogen-bond donors (Lipinski definition) is 2. The van der Waals surface area contributed by atoms with E-state index in [0.29, 0.717) is 18.2 Å².